The van der Waals surface area contributed by atoms with Gasteiger partial charge >= 0.3 is 0 Å². The van der Waals surface area contributed by atoms with Crippen molar-refractivity contribution in [3.8, 4) is 0 Å². The number of carbonyl (C=O) groups excluding carboxylic acids is 3. The Morgan fingerprint density at radius 2 is 2.07 bits per heavy atom. The third-order valence-corrected chi connectivity index (χ3v) is 7.15. The molecule has 152 valence electrons. The van der Waals surface area contributed by atoms with E-state index in [4.69, 9.17) is 11.6 Å². The van der Waals surface area contributed by atoms with Crippen molar-refractivity contribution in [3.05, 3.63) is 0 Å². The molecule has 27 heavy (non-hydrogen) atoms. The number of piperidine rings is 1. The van der Waals surface area contributed by atoms with Gasteiger partial charge in [-0.3, -0.25) is 19.4 Å². The monoisotopic (exact) mass is 379 g/mol. The molecule has 2 aliphatic heterocycles. The fourth-order valence-electron chi connectivity index (χ4n) is 4.80. The SMILES string of the molecule is CC[C@H](C)[C@H](N)C(=O)N1C[C@H]2[C@@H]([C@H]1C(=O)N(N)C[C@@H]1CCNC1=O)C2(C)C. The molecular weight excluding hydrogens is 346 g/mol. The van der Waals surface area contributed by atoms with Gasteiger partial charge in [0, 0.05) is 19.6 Å². The van der Waals surface area contributed by atoms with Gasteiger partial charge in [-0.05, 0) is 29.6 Å². The summed E-state index contributed by atoms with van der Waals surface area (Å²) in [4.78, 5) is 39.6. The van der Waals surface area contributed by atoms with E-state index >= 15 is 0 Å². The van der Waals surface area contributed by atoms with Gasteiger partial charge < -0.3 is 16.0 Å². The van der Waals surface area contributed by atoms with Crippen LogP contribution in [0, 0.1) is 29.1 Å². The maximum Gasteiger partial charge on any atom is 0.259 e. The van der Waals surface area contributed by atoms with Gasteiger partial charge in [0.25, 0.3) is 5.91 Å². The first-order chi connectivity index (χ1) is 12.6. The Bertz CT molecular complexity index is 637. The van der Waals surface area contributed by atoms with E-state index in [9.17, 15) is 14.4 Å². The van der Waals surface area contributed by atoms with Crippen molar-refractivity contribution in [3.63, 3.8) is 0 Å². The van der Waals surface area contributed by atoms with Crippen LogP contribution in [0.2, 0.25) is 0 Å². The molecule has 5 N–H and O–H groups in total. The maximum absolute atomic E-state index is 13.2. The Balaban J connectivity index is 1.75. The van der Waals surface area contributed by atoms with E-state index in [0.717, 1.165) is 11.4 Å². The predicted octanol–water partition coefficient (Wildman–Crippen LogP) is -0.319. The lowest BCUT2D eigenvalue weighted by Crippen LogP contribution is -2.58. The Kier molecular flexibility index (Phi) is 5.24. The number of hydrogen-bond donors (Lipinski definition) is 3. The van der Waals surface area contributed by atoms with Crippen LogP contribution < -0.4 is 16.9 Å². The highest BCUT2D eigenvalue weighted by Crippen LogP contribution is 2.65. The Hall–Kier alpha value is -1.67. The second kappa shape index (κ2) is 7.05. The van der Waals surface area contributed by atoms with Crippen LogP contribution in [0.3, 0.4) is 0 Å². The summed E-state index contributed by atoms with van der Waals surface area (Å²) in [6, 6.07) is -1.19. The molecule has 0 unspecified atom stereocenters. The lowest BCUT2D eigenvalue weighted by atomic mass is 9.95. The number of rotatable bonds is 6. The van der Waals surface area contributed by atoms with E-state index in [0.29, 0.717) is 25.4 Å². The Labute approximate surface area is 160 Å². The highest BCUT2D eigenvalue weighted by Gasteiger charge is 2.69. The molecular formula is C19H33N5O3. The van der Waals surface area contributed by atoms with E-state index in [1.807, 2.05) is 13.8 Å². The molecule has 3 fully saturated rings. The molecule has 0 aromatic carbocycles. The molecule has 8 nitrogen and oxygen atoms in total. The van der Waals surface area contributed by atoms with Crippen LogP contribution in [0.4, 0.5) is 0 Å². The minimum Gasteiger partial charge on any atom is -0.356 e. The normalized spacial score (nSPS) is 33.3. The molecule has 0 bridgehead atoms. The van der Waals surface area contributed by atoms with Crippen molar-refractivity contribution in [2.75, 3.05) is 19.6 Å². The lowest BCUT2D eigenvalue weighted by Gasteiger charge is -2.35. The minimum atomic E-state index is -0.613. The molecule has 3 amide bonds. The average molecular weight is 380 g/mol. The lowest BCUT2D eigenvalue weighted by molar-refractivity contribution is -0.148. The zero-order chi connectivity index (χ0) is 20.1. The number of carbonyl (C=O) groups is 3. The summed E-state index contributed by atoms with van der Waals surface area (Å²) in [5.74, 6) is 5.71. The number of fused-ring (bicyclic) bond motifs is 1. The van der Waals surface area contributed by atoms with Gasteiger partial charge in [-0.2, -0.15) is 0 Å². The molecule has 6 atom stereocenters. The molecule has 8 heteroatoms. The molecule has 2 heterocycles. The van der Waals surface area contributed by atoms with Gasteiger partial charge in [-0.1, -0.05) is 34.1 Å². The zero-order valence-electron chi connectivity index (χ0n) is 16.8. The van der Waals surface area contributed by atoms with Crippen molar-refractivity contribution in [1.82, 2.24) is 15.2 Å². The quantitative estimate of drug-likeness (QED) is 0.332. The first kappa shape index (κ1) is 20.1. The fourth-order valence-corrected chi connectivity index (χ4v) is 4.80. The number of hydrogen-bond acceptors (Lipinski definition) is 5. The summed E-state index contributed by atoms with van der Waals surface area (Å²) < 4.78 is 0. The third kappa shape index (κ3) is 3.33. The zero-order valence-corrected chi connectivity index (χ0v) is 16.8. The number of hydrazine groups is 1. The highest BCUT2D eigenvalue weighted by molar-refractivity contribution is 5.92. The summed E-state index contributed by atoms with van der Waals surface area (Å²) >= 11 is 0. The molecule has 3 aliphatic rings. The van der Waals surface area contributed by atoms with Gasteiger partial charge in [-0.25, -0.2) is 5.84 Å². The van der Waals surface area contributed by atoms with E-state index < -0.39 is 12.1 Å². The average Bonchev–Trinajstić information content (AvgIpc) is 3.01. The molecule has 0 aromatic heterocycles. The summed E-state index contributed by atoms with van der Waals surface area (Å²) in [7, 11) is 0. The molecule has 3 rings (SSSR count). The maximum atomic E-state index is 13.2. The summed E-state index contributed by atoms with van der Waals surface area (Å²) in [5, 5.41) is 3.91. The predicted molar refractivity (Wildman–Crippen MR) is 101 cm³/mol. The van der Waals surface area contributed by atoms with E-state index in [1.54, 1.807) is 4.90 Å². The number of nitrogens with two attached hydrogens (primary N) is 2. The third-order valence-electron chi connectivity index (χ3n) is 7.15. The molecule has 1 saturated carbocycles. The summed E-state index contributed by atoms with van der Waals surface area (Å²) in [6.07, 6.45) is 1.47. The number of amides is 3. The van der Waals surface area contributed by atoms with Crippen LogP contribution in [0.15, 0.2) is 0 Å². The second-order valence-electron chi connectivity index (χ2n) is 9.07. The molecule has 0 spiro atoms. The molecule has 0 aromatic rings. The van der Waals surface area contributed by atoms with Crippen LogP contribution in [-0.2, 0) is 14.4 Å². The van der Waals surface area contributed by atoms with Crippen LogP contribution >= 0.6 is 0 Å². The van der Waals surface area contributed by atoms with E-state index in [2.05, 4.69) is 19.2 Å². The molecule has 1 aliphatic carbocycles. The van der Waals surface area contributed by atoms with Crippen LogP contribution in [-0.4, -0.2) is 59.3 Å². The van der Waals surface area contributed by atoms with Crippen molar-refractivity contribution in [2.24, 2.45) is 40.7 Å². The van der Waals surface area contributed by atoms with Gasteiger partial charge in [0.2, 0.25) is 11.8 Å². The van der Waals surface area contributed by atoms with E-state index in [1.165, 1.54) is 0 Å². The fraction of sp³-hybridized carbons (Fsp3) is 0.842. The van der Waals surface area contributed by atoms with Crippen LogP contribution in [0.25, 0.3) is 0 Å². The first-order valence-electron chi connectivity index (χ1n) is 10.0. The summed E-state index contributed by atoms with van der Waals surface area (Å²) in [5.41, 5.74) is 6.18. The van der Waals surface area contributed by atoms with Crippen molar-refractivity contribution < 1.29 is 14.4 Å². The first-order valence-corrected chi connectivity index (χ1v) is 10.0. The van der Waals surface area contributed by atoms with Gasteiger partial charge in [0.05, 0.1) is 12.0 Å². The highest BCUT2D eigenvalue weighted by atomic mass is 16.2. The number of nitrogens with one attached hydrogen (secondary N) is 1. The van der Waals surface area contributed by atoms with Crippen LogP contribution in [0.5, 0.6) is 0 Å². The van der Waals surface area contributed by atoms with Crippen molar-refractivity contribution in [2.45, 2.75) is 52.6 Å². The molecule has 0 radical (unpaired) electrons. The Morgan fingerprint density at radius 1 is 1.41 bits per heavy atom. The molecule has 2 saturated heterocycles. The largest absolute Gasteiger partial charge is 0.356 e. The minimum absolute atomic E-state index is 0.0170. The topological polar surface area (TPSA) is 122 Å². The van der Waals surface area contributed by atoms with Gasteiger partial charge in [0.15, 0.2) is 0 Å². The van der Waals surface area contributed by atoms with Crippen LogP contribution in [0.1, 0.15) is 40.5 Å². The van der Waals surface area contributed by atoms with Gasteiger partial charge in [0.1, 0.15) is 6.04 Å². The van der Waals surface area contributed by atoms with Crippen molar-refractivity contribution >= 4 is 17.7 Å². The number of likely N-dealkylation sites (tertiary alicyclic amines) is 1. The van der Waals surface area contributed by atoms with Gasteiger partial charge in [-0.15, -0.1) is 0 Å². The Morgan fingerprint density at radius 3 is 2.63 bits per heavy atom. The smallest absolute Gasteiger partial charge is 0.259 e. The summed E-state index contributed by atoms with van der Waals surface area (Å²) in [6.45, 7) is 9.55. The van der Waals surface area contributed by atoms with Crippen molar-refractivity contribution in [1.29, 1.82) is 0 Å². The standard InChI is InChI=1S/C19H33N5O3/c1-5-10(2)14(20)17(26)23-9-12-13(19(12,3)4)15(23)18(27)24(21)8-11-6-7-22-16(11)25/h10-15H,5-9,20-21H2,1-4H3,(H,22,25)/t10-,11-,12-,13-,14-,15-/m0/s1. The number of nitrogens with zero attached hydrogens (tertiary/aromatic N) is 2. The van der Waals surface area contributed by atoms with E-state index in [-0.39, 0.29) is 47.4 Å². The second-order valence-corrected chi connectivity index (χ2v) is 9.07.